The summed E-state index contributed by atoms with van der Waals surface area (Å²) in [5.41, 5.74) is 1.53. The molecule has 24 heavy (non-hydrogen) atoms. The van der Waals surface area contributed by atoms with Gasteiger partial charge in [-0.1, -0.05) is 13.3 Å². The summed E-state index contributed by atoms with van der Waals surface area (Å²) < 4.78 is 13.1. The molecule has 132 valence electrons. The molecule has 1 saturated heterocycles. The highest BCUT2D eigenvalue weighted by Crippen LogP contribution is 2.21. The summed E-state index contributed by atoms with van der Waals surface area (Å²) in [5.74, 6) is 0. The van der Waals surface area contributed by atoms with Gasteiger partial charge in [0.05, 0.1) is 19.9 Å². The van der Waals surface area contributed by atoms with Gasteiger partial charge in [0.25, 0.3) is 6.01 Å². The number of ether oxygens (including phenoxy) is 2. The van der Waals surface area contributed by atoms with E-state index >= 15 is 0 Å². The summed E-state index contributed by atoms with van der Waals surface area (Å²) in [7, 11) is 1.64. The lowest BCUT2D eigenvalue weighted by molar-refractivity contribution is 0.285. The molecule has 0 unspecified atom stereocenters. The van der Waals surface area contributed by atoms with Crippen LogP contribution in [0.4, 0.5) is 0 Å². The van der Waals surface area contributed by atoms with E-state index in [1.54, 1.807) is 13.3 Å². The zero-order chi connectivity index (χ0) is 16.8. The smallest absolute Gasteiger partial charge is 0.318 e. The molecule has 0 amide bonds. The molecule has 0 aromatic carbocycles. The molecule has 0 radical (unpaired) electrons. The third kappa shape index (κ3) is 3.95. The molecule has 2 aromatic heterocycles. The third-order valence-corrected chi connectivity index (χ3v) is 4.40. The molecule has 0 atom stereocenters. The van der Waals surface area contributed by atoms with Crippen molar-refractivity contribution >= 4 is 11.2 Å². The van der Waals surface area contributed by atoms with E-state index in [-0.39, 0.29) is 0 Å². The fourth-order valence-corrected chi connectivity index (χ4v) is 3.08. The van der Waals surface area contributed by atoms with Crippen molar-refractivity contribution < 1.29 is 9.47 Å². The van der Waals surface area contributed by atoms with Crippen molar-refractivity contribution in [2.45, 2.75) is 45.6 Å². The number of unbranched alkanes of at least 4 members (excludes halogenated alkanes) is 1. The van der Waals surface area contributed by atoms with Gasteiger partial charge in [-0.2, -0.15) is 9.97 Å². The number of nitrogens with zero attached hydrogens (tertiary/aromatic N) is 5. The molecule has 0 aliphatic carbocycles. The minimum absolute atomic E-state index is 0.416. The quantitative estimate of drug-likeness (QED) is 0.657. The summed E-state index contributed by atoms with van der Waals surface area (Å²) in [5, 5.41) is 0. The van der Waals surface area contributed by atoms with Crippen molar-refractivity contribution in [2.75, 3.05) is 33.4 Å². The molecule has 0 N–H and O–H groups in total. The summed E-state index contributed by atoms with van der Waals surface area (Å²) in [6.07, 6.45) is 7.50. The van der Waals surface area contributed by atoms with Crippen LogP contribution in [0.3, 0.4) is 0 Å². The average Bonchev–Trinajstić information content (AvgIpc) is 3.23. The largest absolute Gasteiger partial charge is 0.468 e. The van der Waals surface area contributed by atoms with Gasteiger partial charge in [-0.25, -0.2) is 4.98 Å². The maximum absolute atomic E-state index is 5.63. The van der Waals surface area contributed by atoms with E-state index in [1.165, 1.54) is 25.9 Å². The first-order valence-corrected chi connectivity index (χ1v) is 8.94. The molecule has 1 aliphatic heterocycles. The number of aromatic nitrogens is 4. The van der Waals surface area contributed by atoms with Gasteiger partial charge in [-0.05, 0) is 45.3 Å². The van der Waals surface area contributed by atoms with E-state index in [9.17, 15) is 0 Å². The molecular formula is C17H27N5O2. The Kier molecular flexibility index (Phi) is 5.85. The molecule has 0 saturated carbocycles. The van der Waals surface area contributed by atoms with Crippen molar-refractivity contribution in [3.63, 3.8) is 0 Å². The van der Waals surface area contributed by atoms with Crippen molar-refractivity contribution in [1.29, 1.82) is 0 Å². The van der Waals surface area contributed by atoms with Gasteiger partial charge < -0.3 is 14.4 Å². The lowest BCUT2D eigenvalue weighted by atomic mass is 10.4. The Morgan fingerprint density at radius 3 is 2.71 bits per heavy atom. The van der Waals surface area contributed by atoms with Crippen LogP contribution >= 0.6 is 0 Å². The first-order valence-electron chi connectivity index (χ1n) is 8.94. The highest BCUT2D eigenvalue weighted by Gasteiger charge is 2.16. The van der Waals surface area contributed by atoms with Crippen LogP contribution in [0.25, 0.3) is 11.2 Å². The van der Waals surface area contributed by atoms with E-state index in [0.29, 0.717) is 18.6 Å². The summed E-state index contributed by atoms with van der Waals surface area (Å²) >= 11 is 0. The van der Waals surface area contributed by atoms with Crippen LogP contribution in [0.5, 0.6) is 12.0 Å². The first kappa shape index (κ1) is 17.0. The Bertz CT molecular complexity index is 652. The lowest BCUT2D eigenvalue weighted by Crippen LogP contribution is -2.21. The lowest BCUT2D eigenvalue weighted by Gasteiger charge is -2.15. The summed E-state index contributed by atoms with van der Waals surface area (Å²) in [6.45, 7) is 7.16. The van der Waals surface area contributed by atoms with Crippen LogP contribution in [0, 0.1) is 0 Å². The zero-order valence-electron chi connectivity index (χ0n) is 14.7. The molecule has 0 spiro atoms. The fourth-order valence-electron chi connectivity index (χ4n) is 3.08. The Labute approximate surface area is 143 Å². The van der Waals surface area contributed by atoms with Crippen LogP contribution in [-0.4, -0.2) is 57.8 Å². The van der Waals surface area contributed by atoms with Crippen molar-refractivity contribution in [3.05, 3.63) is 6.20 Å². The van der Waals surface area contributed by atoms with Gasteiger partial charge in [0, 0.05) is 6.54 Å². The number of hydrogen-bond donors (Lipinski definition) is 0. The number of rotatable bonds is 9. The van der Waals surface area contributed by atoms with E-state index < -0.39 is 0 Å². The normalized spacial score (nSPS) is 15.2. The van der Waals surface area contributed by atoms with Crippen LogP contribution in [0.1, 0.15) is 39.0 Å². The molecule has 3 heterocycles. The number of likely N-dealkylation sites (tertiary alicyclic amines) is 1. The molecule has 7 heteroatoms. The van der Waals surface area contributed by atoms with E-state index in [4.69, 9.17) is 9.47 Å². The highest BCUT2D eigenvalue weighted by atomic mass is 16.5. The number of imidazole rings is 1. The van der Waals surface area contributed by atoms with Gasteiger partial charge in [0.1, 0.15) is 5.52 Å². The molecule has 0 bridgehead atoms. The SMILES string of the molecule is CCCCOc1ncc2nc(OC)n(CCCN3CCCC3)c2n1. The minimum Gasteiger partial charge on any atom is -0.468 e. The van der Waals surface area contributed by atoms with Gasteiger partial charge >= 0.3 is 6.01 Å². The third-order valence-electron chi connectivity index (χ3n) is 4.40. The highest BCUT2D eigenvalue weighted by molar-refractivity contribution is 5.71. The monoisotopic (exact) mass is 333 g/mol. The number of methoxy groups -OCH3 is 1. The van der Waals surface area contributed by atoms with Crippen LogP contribution in [0.15, 0.2) is 6.20 Å². The van der Waals surface area contributed by atoms with E-state index in [0.717, 1.165) is 43.5 Å². The minimum atomic E-state index is 0.416. The second-order valence-corrected chi connectivity index (χ2v) is 6.22. The summed E-state index contributed by atoms with van der Waals surface area (Å²) in [4.78, 5) is 15.8. The first-order chi connectivity index (χ1) is 11.8. The fraction of sp³-hybridized carbons (Fsp3) is 0.706. The second kappa shape index (κ2) is 8.28. The second-order valence-electron chi connectivity index (χ2n) is 6.22. The predicted octanol–water partition coefficient (Wildman–Crippen LogP) is 2.50. The van der Waals surface area contributed by atoms with Crippen LogP contribution in [-0.2, 0) is 6.54 Å². The van der Waals surface area contributed by atoms with E-state index in [1.807, 2.05) is 4.57 Å². The van der Waals surface area contributed by atoms with Crippen molar-refractivity contribution in [2.24, 2.45) is 0 Å². The van der Waals surface area contributed by atoms with Gasteiger partial charge in [0.2, 0.25) is 0 Å². The molecule has 2 aromatic rings. The Hall–Kier alpha value is -1.89. The van der Waals surface area contributed by atoms with Crippen molar-refractivity contribution in [1.82, 2.24) is 24.4 Å². The maximum Gasteiger partial charge on any atom is 0.318 e. The van der Waals surface area contributed by atoms with Crippen LogP contribution < -0.4 is 9.47 Å². The topological polar surface area (TPSA) is 65.3 Å². The zero-order valence-corrected chi connectivity index (χ0v) is 14.7. The number of fused-ring (bicyclic) bond motifs is 1. The molecule has 1 aliphatic rings. The van der Waals surface area contributed by atoms with Crippen molar-refractivity contribution in [3.8, 4) is 12.0 Å². The van der Waals surface area contributed by atoms with Gasteiger partial charge in [-0.15, -0.1) is 0 Å². The Morgan fingerprint density at radius 1 is 1.12 bits per heavy atom. The Balaban J connectivity index is 1.71. The van der Waals surface area contributed by atoms with E-state index in [2.05, 4.69) is 26.8 Å². The molecule has 1 fully saturated rings. The standard InChI is InChI=1S/C17H27N5O2/c1-3-4-12-24-16-18-13-14-15(20-16)22(17(19-14)23-2)11-7-10-21-8-5-6-9-21/h13H,3-12H2,1-2H3. The van der Waals surface area contributed by atoms with Crippen LogP contribution in [0.2, 0.25) is 0 Å². The number of aryl methyl sites for hydroxylation is 1. The predicted molar refractivity (Wildman–Crippen MR) is 92.6 cm³/mol. The van der Waals surface area contributed by atoms with Gasteiger partial charge in [-0.3, -0.25) is 4.57 Å². The molecule has 3 rings (SSSR count). The Morgan fingerprint density at radius 2 is 1.96 bits per heavy atom. The van der Waals surface area contributed by atoms with Gasteiger partial charge in [0.15, 0.2) is 5.65 Å². The molecular weight excluding hydrogens is 306 g/mol. The average molecular weight is 333 g/mol. The maximum atomic E-state index is 5.63. The molecule has 7 nitrogen and oxygen atoms in total. The summed E-state index contributed by atoms with van der Waals surface area (Å²) in [6, 6.07) is 1.01. The number of hydrogen-bond acceptors (Lipinski definition) is 6.